The Kier molecular flexibility index (Phi) is 6.92. The highest BCUT2D eigenvalue weighted by Gasteiger charge is 2.13. The van der Waals surface area contributed by atoms with E-state index in [-0.39, 0.29) is 18.0 Å². The van der Waals surface area contributed by atoms with Gasteiger partial charge in [-0.3, -0.25) is 9.59 Å². The van der Waals surface area contributed by atoms with Crippen molar-refractivity contribution in [2.75, 3.05) is 26.0 Å². The highest BCUT2D eigenvalue weighted by Crippen LogP contribution is 2.17. The van der Waals surface area contributed by atoms with Crippen LogP contribution in [0.5, 0.6) is 5.75 Å². The molecule has 2 amide bonds. The Morgan fingerprint density at radius 3 is 2.61 bits per heavy atom. The number of nitrogens with zero attached hydrogens (tertiary/aromatic N) is 1. The lowest BCUT2D eigenvalue weighted by Gasteiger charge is -2.16. The number of nitrogens with one attached hydrogen (secondary N) is 1. The van der Waals surface area contributed by atoms with Crippen molar-refractivity contribution in [3.8, 4) is 5.75 Å². The summed E-state index contributed by atoms with van der Waals surface area (Å²) in [6.45, 7) is 1.59. The number of hydrogen-bond acceptors (Lipinski definition) is 4. The number of rotatable bonds is 7. The van der Waals surface area contributed by atoms with Crippen LogP contribution in [0.1, 0.15) is 21.5 Å². The number of anilines is 1. The highest BCUT2D eigenvalue weighted by molar-refractivity contribution is 5.99. The first kappa shape index (κ1) is 20.7. The van der Waals surface area contributed by atoms with Gasteiger partial charge in [-0.1, -0.05) is 18.2 Å². The van der Waals surface area contributed by atoms with E-state index in [1.54, 1.807) is 38.3 Å². The van der Waals surface area contributed by atoms with Gasteiger partial charge in [-0.05, 0) is 48.4 Å². The number of methoxy groups -OCH3 is 1. The Balaban J connectivity index is 1.98. The zero-order valence-electron chi connectivity index (χ0n) is 15.9. The number of hydrogen-bond donors (Lipinski definition) is 2. The number of aromatic carboxylic acids is 1. The minimum Gasteiger partial charge on any atom is -0.497 e. The van der Waals surface area contributed by atoms with Crippen LogP contribution in [0.4, 0.5) is 5.69 Å². The molecule has 0 bridgehead atoms. The van der Waals surface area contributed by atoms with Gasteiger partial charge in [-0.15, -0.1) is 0 Å². The monoisotopic (exact) mass is 382 g/mol. The number of benzene rings is 2. The SMILES string of the molecule is COc1cccc(/C=C/C(=O)N(C)CC(=O)Nc2cc(C(=O)O)ccc2C)c1. The van der Waals surface area contributed by atoms with Crippen LogP contribution in [0.15, 0.2) is 48.5 Å². The number of likely N-dealkylation sites (N-methyl/N-ethyl adjacent to an activating group) is 1. The topological polar surface area (TPSA) is 95.9 Å². The minimum atomic E-state index is -1.08. The molecule has 0 aliphatic carbocycles. The van der Waals surface area contributed by atoms with Gasteiger partial charge in [0.05, 0.1) is 19.2 Å². The molecule has 2 N–H and O–H groups in total. The van der Waals surface area contributed by atoms with E-state index in [1.165, 1.54) is 30.2 Å². The summed E-state index contributed by atoms with van der Waals surface area (Å²) in [5, 5.41) is 11.7. The summed E-state index contributed by atoms with van der Waals surface area (Å²) in [6.07, 6.45) is 3.01. The van der Waals surface area contributed by atoms with Crippen molar-refractivity contribution in [2.24, 2.45) is 0 Å². The third-order valence-electron chi connectivity index (χ3n) is 4.03. The molecule has 7 heteroatoms. The molecule has 0 aliphatic rings. The Hall–Kier alpha value is -3.61. The van der Waals surface area contributed by atoms with Crippen LogP contribution >= 0.6 is 0 Å². The fourth-order valence-corrected chi connectivity index (χ4v) is 2.41. The van der Waals surface area contributed by atoms with Crippen LogP contribution < -0.4 is 10.1 Å². The molecule has 0 unspecified atom stereocenters. The van der Waals surface area contributed by atoms with E-state index in [4.69, 9.17) is 9.84 Å². The number of carboxylic acid groups (broad SMARTS) is 1. The molecule has 0 radical (unpaired) electrons. The van der Waals surface area contributed by atoms with E-state index in [2.05, 4.69) is 5.32 Å². The lowest BCUT2D eigenvalue weighted by molar-refractivity contribution is -0.129. The average molecular weight is 382 g/mol. The first-order chi connectivity index (χ1) is 13.3. The summed E-state index contributed by atoms with van der Waals surface area (Å²) in [5.41, 5.74) is 2.00. The summed E-state index contributed by atoms with van der Waals surface area (Å²) in [4.78, 5) is 36.8. The lowest BCUT2D eigenvalue weighted by Crippen LogP contribution is -2.34. The van der Waals surface area contributed by atoms with Gasteiger partial charge in [0.15, 0.2) is 0 Å². The third-order valence-corrected chi connectivity index (χ3v) is 4.03. The standard InChI is InChI=1S/C21H22N2O5/c1-14-7-9-16(21(26)27)12-18(14)22-19(24)13-23(2)20(25)10-8-15-5-4-6-17(11-15)28-3/h4-12H,13H2,1-3H3,(H,22,24)(H,26,27)/b10-8+. The number of ether oxygens (including phenoxy) is 1. The number of carbonyl (C=O) groups excluding carboxylic acids is 2. The molecule has 0 atom stereocenters. The predicted octanol–water partition coefficient (Wildman–Crippen LogP) is 2.81. The zero-order chi connectivity index (χ0) is 20.7. The van der Waals surface area contributed by atoms with Gasteiger partial charge >= 0.3 is 5.97 Å². The second kappa shape index (κ2) is 9.36. The van der Waals surface area contributed by atoms with Crippen LogP contribution in [0.2, 0.25) is 0 Å². The second-order valence-electron chi connectivity index (χ2n) is 6.19. The van der Waals surface area contributed by atoms with E-state index in [0.717, 1.165) is 11.1 Å². The number of carboxylic acids is 1. The number of aryl methyl sites for hydroxylation is 1. The summed E-state index contributed by atoms with van der Waals surface area (Å²) >= 11 is 0. The smallest absolute Gasteiger partial charge is 0.335 e. The van der Waals surface area contributed by atoms with Crippen molar-refractivity contribution in [1.82, 2.24) is 4.90 Å². The van der Waals surface area contributed by atoms with Crippen LogP contribution in [-0.4, -0.2) is 48.5 Å². The maximum atomic E-state index is 12.2. The molecule has 0 heterocycles. The van der Waals surface area contributed by atoms with Crippen LogP contribution in [-0.2, 0) is 9.59 Å². The van der Waals surface area contributed by atoms with Crippen LogP contribution in [0.25, 0.3) is 6.08 Å². The van der Waals surface area contributed by atoms with Gasteiger partial charge in [-0.2, -0.15) is 0 Å². The molecule has 0 saturated heterocycles. The maximum Gasteiger partial charge on any atom is 0.335 e. The third kappa shape index (κ3) is 5.70. The molecule has 0 saturated carbocycles. The fraction of sp³-hybridized carbons (Fsp3) is 0.190. The van der Waals surface area contributed by atoms with Crippen molar-refractivity contribution in [3.63, 3.8) is 0 Å². The van der Waals surface area contributed by atoms with Gasteiger partial charge in [0.2, 0.25) is 11.8 Å². The van der Waals surface area contributed by atoms with Crippen molar-refractivity contribution >= 4 is 29.5 Å². The van der Waals surface area contributed by atoms with Crippen molar-refractivity contribution in [1.29, 1.82) is 0 Å². The Labute approximate surface area is 163 Å². The van der Waals surface area contributed by atoms with Gasteiger partial charge in [0, 0.05) is 18.8 Å². The van der Waals surface area contributed by atoms with Crippen molar-refractivity contribution in [3.05, 3.63) is 65.2 Å². The summed E-state index contributed by atoms with van der Waals surface area (Å²) in [7, 11) is 3.08. The summed E-state index contributed by atoms with van der Waals surface area (Å²) in [6, 6.07) is 11.7. The normalized spacial score (nSPS) is 10.5. The molecule has 2 aromatic carbocycles. The largest absolute Gasteiger partial charge is 0.497 e. The summed E-state index contributed by atoms with van der Waals surface area (Å²) in [5.74, 6) is -1.16. The van der Waals surface area contributed by atoms with Gasteiger partial charge < -0.3 is 20.1 Å². The number of carbonyl (C=O) groups is 3. The molecule has 28 heavy (non-hydrogen) atoms. The fourth-order valence-electron chi connectivity index (χ4n) is 2.41. The van der Waals surface area contributed by atoms with Gasteiger partial charge in [0.1, 0.15) is 5.75 Å². The van der Waals surface area contributed by atoms with E-state index in [1.807, 2.05) is 12.1 Å². The van der Waals surface area contributed by atoms with E-state index in [9.17, 15) is 14.4 Å². The summed E-state index contributed by atoms with van der Waals surface area (Å²) < 4.78 is 5.13. The number of amides is 2. The first-order valence-corrected chi connectivity index (χ1v) is 8.51. The molecule has 7 nitrogen and oxygen atoms in total. The Morgan fingerprint density at radius 2 is 1.93 bits per heavy atom. The quantitative estimate of drug-likeness (QED) is 0.718. The minimum absolute atomic E-state index is 0.0755. The van der Waals surface area contributed by atoms with Crippen molar-refractivity contribution in [2.45, 2.75) is 6.92 Å². The lowest BCUT2D eigenvalue weighted by atomic mass is 10.1. The molecule has 0 aliphatic heterocycles. The van der Waals surface area contributed by atoms with Crippen LogP contribution in [0.3, 0.4) is 0 Å². The van der Waals surface area contributed by atoms with E-state index in [0.29, 0.717) is 11.4 Å². The first-order valence-electron chi connectivity index (χ1n) is 8.51. The predicted molar refractivity (Wildman–Crippen MR) is 106 cm³/mol. The van der Waals surface area contributed by atoms with E-state index >= 15 is 0 Å². The molecule has 0 spiro atoms. The van der Waals surface area contributed by atoms with Gasteiger partial charge in [0.25, 0.3) is 0 Å². The molecule has 0 fully saturated rings. The van der Waals surface area contributed by atoms with Crippen LogP contribution in [0, 0.1) is 6.92 Å². The maximum absolute atomic E-state index is 12.2. The zero-order valence-corrected chi connectivity index (χ0v) is 15.9. The highest BCUT2D eigenvalue weighted by atomic mass is 16.5. The van der Waals surface area contributed by atoms with Gasteiger partial charge in [-0.25, -0.2) is 4.79 Å². The molecule has 146 valence electrons. The molecule has 0 aromatic heterocycles. The average Bonchev–Trinajstić information content (AvgIpc) is 2.67. The molecular formula is C21H22N2O5. The second-order valence-corrected chi connectivity index (χ2v) is 6.19. The molecular weight excluding hydrogens is 360 g/mol. The van der Waals surface area contributed by atoms with Crippen molar-refractivity contribution < 1.29 is 24.2 Å². The Morgan fingerprint density at radius 1 is 1.18 bits per heavy atom. The van der Waals surface area contributed by atoms with E-state index < -0.39 is 11.9 Å². The Bertz CT molecular complexity index is 921. The molecule has 2 rings (SSSR count). The molecule has 2 aromatic rings.